The maximum Gasteiger partial charge on any atom is 0.223 e. The van der Waals surface area contributed by atoms with Crippen molar-refractivity contribution in [1.82, 2.24) is 20.9 Å². The number of guanidine groups is 1. The highest BCUT2D eigenvalue weighted by Gasteiger charge is 2.28. The molecule has 0 spiro atoms. The summed E-state index contributed by atoms with van der Waals surface area (Å²) in [4.78, 5) is 23.1. The van der Waals surface area contributed by atoms with Crippen LogP contribution in [0.2, 0.25) is 0 Å². The molecule has 1 saturated carbocycles. The number of nitrogens with zero attached hydrogens (tertiary/aromatic N) is 3. The standard InChI is InChI=1S/C19H30N6O.HI/c1-2-20-19(22-10-9-21-18(26)16-6-7-16)24-14-15-5-8-17(23-13-15)25-11-3-4-12-25;/h5,8,13,16H,2-4,6-7,9-12,14H2,1H3,(H,21,26)(H2,20,22,24);1H. The van der Waals surface area contributed by atoms with E-state index in [1.807, 2.05) is 13.1 Å². The van der Waals surface area contributed by atoms with Gasteiger partial charge in [0.15, 0.2) is 5.96 Å². The molecule has 1 aliphatic heterocycles. The molecule has 0 unspecified atom stereocenters. The quantitative estimate of drug-likeness (QED) is 0.226. The van der Waals surface area contributed by atoms with Crippen LogP contribution in [-0.4, -0.2) is 49.6 Å². The molecule has 0 bridgehead atoms. The van der Waals surface area contributed by atoms with E-state index in [1.165, 1.54) is 12.8 Å². The van der Waals surface area contributed by atoms with Gasteiger partial charge in [-0.3, -0.25) is 4.79 Å². The van der Waals surface area contributed by atoms with E-state index in [9.17, 15) is 4.79 Å². The summed E-state index contributed by atoms with van der Waals surface area (Å²) in [6.07, 6.45) is 6.50. The molecule has 2 heterocycles. The number of aliphatic imine (C=N–C) groups is 1. The fraction of sp³-hybridized carbons (Fsp3) is 0.632. The molecule has 1 aromatic heterocycles. The van der Waals surface area contributed by atoms with Gasteiger partial charge >= 0.3 is 0 Å². The van der Waals surface area contributed by atoms with E-state index in [1.54, 1.807) is 0 Å². The van der Waals surface area contributed by atoms with Crippen molar-refractivity contribution in [3.05, 3.63) is 23.9 Å². The second-order valence-electron chi connectivity index (χ2n) is 6.91. The maximum absolute atomic E-state index is 11.6. The minimum atomic E-state index is 0. The number of rotatable bonds is 8. The van der Waals surface area contributed by atoms with Crippen molar-refractivity contribution in [1.29, 1.82) is 0 Å². The van der Waals surface area contributed by atoms with Gasteiger partial charge in [0.2, 0.25) is 5.91 Å². The summed E-state index contributed by atoms with van der Waals surface area (Å²) in [7, 11) is 0. The van der Waals surface area contributed by atoms with Crippen molar-refractivity contribution in [2.24, 2.45) is 10.9 Å². The van der Waals surface area contributed by atoms with Crippen LogP contribution in [0.3, 0.4) is 0 Å². The number of pyridine rings is 1. The van der Waals surface area contributed by atoms with E-state index < -0.39 is 0 Å². The predicted octanol–water partition coefficient (Wildman–Crippen LogP) is 1.88. The van der Waals surface area contributed by atoms with Crippen LogP contribution < -0.4 is 20.9 Å². The lowest BCUT2D eigenvalue weighted by molar-refractivity contribution is -0.122. The Morgan fingerprint density at radius 1 is 1.19 bits per heavy atom. The Morgan fingerprint density at radius 3 is 2.56 bits per heavy atom. The molecule has 150 valence electrons. The monoisotopic (exact) mass is 486 g/mol. The van der Waals surface area contributed by atoms with Crippen molar-refractivity contribution in [2.45, 2.75) is 39.2 Å². The van der Waals surface area contributed by atoms with Crippen molar-refractivity contribution < 1.29 is 4.79 Å². The van der Waals surface area contributed by atoms with Gasteiger partial charge in [-0.2, -0.15) is 0 Å². The first-order chi connectivity index (χ1) is 12.8. The number of hydrogen-bond acceptors (Lipinski definition) is 4. The van der Waals surface area contributed by atoms with Crippen molar-refractivity contribution in [2.75, 3.05) is 37.6 Å². The summed E-state index contributed by atoms with van der Waals surface area (Å²) < 4.78 is 0. The first-order valence-electron chi connectivity index (χ1n) is 9.76. The van der Waals surface area contributed by atoms with Crippen LogP contribution in [0.5, 0.6) is 0 Å². The fourth-order valence-electron chi connectivity index (χ4n) is 3.01. The molecule has 7 nitrogen and oxygen atoms in total. The highest BCUT2D eigenvalue weighted by Crippen LogP contribution is 2.28. The fourth-order valence-corrected chi connectivity index (χ4v) is 3.01. The molecule has 27 heavy (non-hydrogen) atoms. The molecule has 1 aromatic rings. The summed E-state index contributed by atoms with van der Waals surface area (Å²) in [5, 5.41) is 9.44. The van der Waals surface area contributed by atoms with Crippen molar-refractivity contribution in [3.8, 4) is 0 Å². The highest BCUT2D eigenvalue weighted by atomic mass is 127. The molecule has 2 fully saturated rings. The number of hydrogen-bond donors (Lipinski definition) is 3. The SMILES string of the molecule is CCNC(=NCc1ccc(N2CCCC2)nc1)NCCNC(=O)C1CC1.I. The number of carbonyl (C=O) groups is 1. The van der Waals surface area contributed by atoms with Gasteiger partial charge in [-0.15, -0.1) is 24.0 Å². The first-order valence-corrected chi connectivity index (χ1v) is 9.76. The largest absolute Gasteiger partial charge is 0.357 e. The highest BCUT2D eigenvalue weighted by molar-refractivity contribution is 14.0. The maximum atomic E-state index is 11.6. The van der Waals surface area contributed by atoms with Crippen LogP contribution in [-0.2, 0) is 11.3 Å². The van der Waals surface area contributed by atoms with Gasteiger partial charge in [-0.05, 0) is 44.2 Å². The number of nitrogens with one attached hydrogen (secondary N) is 3. The van der Waals surface area contributed by atoms with Crippen LogP contribution in [0.15, 0.2) is 23.3 Å². The summed E-state index contributed by atoms with van der Waals surface area (Å²) >= 11 is 0. The first kappa shape index (κ1) is 21.7. The van der Waals surface area contributed by atoms with E-state index in [-0.39, 0.29) is 35.8 Å². The molecule has 1 aliphatic carbocycles. The molecule has 3 rings (SSSR count). The third kappa shape index (κ3) is 7.15. The molecular weight excluding hydrogens is 455 g/mol. The average Bonchev–Trinajstić information content (AvgIpc) is 3.38. The Kier molecular flexibility index (Phi) is 9.09. The predicted molar refractivity (Wildman–Crippen MR) is 120 cm³/mol. The zero-order chi connectivity index (χ0) is 18.2. The summed E-state index contributed by atoms with van der Waals surface area (Å²) in [6.45, 7) is 6.91. The van der Waals surface area contributed by atoms with Crippen molar-refractivity contribution in [3.63, 3.8) is 0 Å². The number of aromatic nitrogens is 1. The Balaban J connectivity index is 0.00000261. The second-order valence-corrected chi connectivity index (χ2v) is 6.91. The van der Waals surface area contributed by atoms with E-state index >= 15 is 0 Å². The normalized spacial score (nSPS) is 16.6. The molecule has 1 saturated heterocycles. The topological polar surface area (TPSA) is 81.7 Å². The molecule has 1 amide bonds. The lowest BCUT2D eigenvalue weighted by Crippen LogP contribution is -2.41. The molecule has 8 heteroatoms. The minimum Gasteiger partial charge on any atom is -0.357 e. The number of carbonyl (C=O) groups excluding carboxylic acids is 1. The molecule has 0 radical (unpaired) electrons. The van der Waals surface area contributed by atoms with Gasteiger partial charge in [0, 0.05) is 44.8 Å². The van der Waals surface area contributed by atoms with E-state index in [4.69, 9.17) is 0 Å². The van der Waals surface area contributed by atoms with Gasteiger partial charge in [0.1, 0.15) is 5.82 Å². The molecule has 2 aliphatic rings. The van der Waals surface area contributed by atoms with Gasteiger partial charge in [0.05, 0.1) is 6.54 Å². The number of anilines is 1. The molecule has 3 N–H and O–H groups in total. The van der Waals surface area contributed by atoms with Gasteiger partial charge in [-0.25, -0.2) is 9.98 Å². The number of amides is 1. The lowest BCUT2D eigenvalue weighted by Gasteiger charge is -2.16. The average molecular weight is 486 g/mol. The van der Waals surface area contributed by atoms with Crippen LogP contribution >= 0.6 is 24.0 Å². The Morgan fingerprint density at radius 2 is 1.93 bits per heavy atom. The van der Waals surface area contributed by atoms with Crippen LogP contribution in [0.25, 0.3) is 0 Å². The van der Waals surface area contributed by atoms with Gasteiger partial charge in [0.25, 0.3) is 0 Å². The zero-order valence-electron chi connectivity index (χ0n) is 16.0. The van der Waals surface area contributed by atoms with Crippen LogP contribution in [0, 0.1) is 5.92 Å². The smallest absolute Gasteiger partial charge is 0.223 e. The summed E-state index contributed by atoms with van der Waals surface area (Å²) in [5.41, 5.74) is 1.09. The Labute approximate surface area is 178 Å². The number of halogens is 1. The Bertz CT molecular complexity index is 611. The van der Waals surface area contributed by atoms with E-state index in [0.717, 1.165) is 49.8 Å². The lowest BCUT2D eigenvalue weighted by atomic mass is 10.3. The van der Waals surface area contributed by atoms with E-state index in [0.29, 0.717) is 19.6 Å². The molecular formula is C19H31IN6O. The van der Waals surface area contributed by atoms with Crippen LogP contribution in [0.1, 0.15) is 38.2 Å². The molecule has 0 aromatic carbocycles. The zero-order valence-corrected chi connectivity index (χ0v) is 18.4. The third-order valence-electron chi connectivity index (χ3n) is 4.67. The van der Waals surface area contributed by atoms with E-state index in [2.05, 4.69) is 43.0 Å². The second kappa shape index (κ2) is 11.3. The third-order valence-corrected chi connectivity index (χ3v) is 4.67. The van der Waals surface area contributed by atoms with Gasteiger partial charge < -0.3 is 20.9 Å². The minimum absolute atomic E-state index is 0. The Hall–Kier alpha value is -1.58. The van der Waals surface area contributed by atoms with Crippen LogP contribution in [0.4, 0.5) is 5.82 Å². The van der Waals surface area contributed by atoms with Crippen molar-refractivity contribution >= 4 is 41.7 Å². The summed E-state index contributed by atoms with van der Waals surface area (Å²) in [5.74, 6) is 2.26. The van der Waals surface area contributed by atoms with Gasteiger partial charge in [-0.1, -0.05) is 6.07 Å². The molecule has 0 atom stereocenters. The summed E-state index contributed by atoms with van der Waals surface area (Å²) in [6, 6.07) is 4.19.